The highest BCUT2D eigenvalue weighted by atomic mass is 32.2. The summed E-state index contributed by atoms with van der Waals surface area (Å²) in [5.74, 6) is 0.485. The van der Waals surface area contributed by atoms with Crippen molar-refractivity contribution in [1.82, 2.24) is 14.0 Å². The second-order valence-corrected chi connectivity index (χ2v) is 6.48. The van der Waals surface area contributed by atoms with E-state index >= 15 is 0 Å². The third kappa shape index (κ3) is 3.59. The summed E-state index contributed by atoms with van der Waals surface area (Å²) in [5, 5.41) is 0. The van der Waals surface area contributed by atoms with Crippen LogP contribution in [0.15, 0.2) is 18.3 Å². The molecular weight excluding hydrogens is 278 g/mol. The van der Waals surface area contributed by atoms with Gasteiger partial charge >= 0.3 is 0 Å². The SMILES string of the molecule is CCCNS(=O)(=O)N1CCN(c2ccc(N)nc2)CC1. The van der Waals surface area contributed by atoms with E-state index in [1.807, 2.05) is 13.0 Å². The molecule has 20 heavy (non-hydrogen) atoms. The molecule has 0 aromatic carbocycles. The van der Waals surface area contributed by atoms with Crippen molar-refractivity contribution in [3.63, 3.8) is 0 Å². The van der Waals surface area contributed by atoms with Crippen molar-refractivity contribution < 1.29 is 8.42 Å². The number of anilines is 2. The number of piperazine rings is 1. The first-order valence-corrected chi connectivity index (χ1v) is 8.18. The third-order valence-corrected chi connectivity index (χ3v) is 4.86. The highest BCUT2D eigenvalue weighted by Crippen LogP contribution is 2.17. The highest BCUT2D eigenvalue weighted by Gasteiger charge is 2.26. The molecule has 1 fully saturated rings. The number of pyridine rings is 1. The maximum Gasteiger partial charge on any atom is 0.279 e. The average Bonchev–Trinajstić information content (AvgIpc) is 2.46. The van der Waals surface area contributed by atoms with Crippen molar-refractivity contribution in [2.75, 3.05) is 43.4 Å². The van der Waals surface area contributed by atoms with Gasteiger partial charge in [0.25, 0.3) is 10.2 Å². The zero-order valence-corrected chi connectivity index (χ0v) is 12.4. The van der Waals surface area contributed by atoms with Gasteiger partial charge in [-0.15, -0.1) is 0 Å². The Kier molecular flexibility index (Phi) is 4.79. The molecule has 3 N–H and O–H groups in total. The second kappa shape index (κ2) is 6.38. The van der Waals surface area contributed by atoms with E-state index in [0.717, 1.165) is 12.1 Å². The number of nitrogens with two attached hydrogens (primary N) is 1. The summed E-state index contributed by atoms with van der Waals surface area (Å²) in [6.07, 6.45) is 2.51. The van der Waals surface area contributed by atoms with E-state index in [9.17, 15) is 8.42 Å². The Morgan fingerprint density at radius 1 is 1.30 bits per heavy atom. The molecule has 2 heterocycles. The first-order valence-electron chi connectivity index (χ1n) is 6.74. The Morgan fingerprint density at radius 3 is 2.55 bits per heavy atom. The molecule has 2 rings (SSSR count). The molecular formula is C12H21N5O2S. The largest absolute Gasteiger partial charge is 0.384 e. The van der Waals surface area contributed by atoms with E-state index in [1.54, 1.807) is 12.3 Å². The Labute approximate surface area is 120 Å². The van der Waals surface area contributed by atoms with Crippen molar-refractivity contribution in [3.8, 4) is 0 Å². The molecule has 0 amide bonds. The van der Waals surface area contributed by atoms with Crippen molar-refractivity contribution in [1.29, 1.82) is 0 Å². The molecule has 1 aliphatic rings. The zero-order chi connectivity index (χ0) is 14.6. The van der Waals surface area contributed by atoms with Gasteiger partial charge < -0.3 is 10.6 Å². The maximum absolute atomic E-state index is 12.0. The molecule has 0 unspecified atom stereocenters. The lowest BCUT2D eigenvalue weighted by Gasteiger charge is -2.35. The number of rotatable bonds is 5. The van der Waals surface area contributed by atoms with Crippen LogP contribution < -0.4 is 15.4 Å². The summed E-state index contributed by atoms with van der Waals surface area (Å²) in [6.45, 7) is 4.67. The van der Waals surface area contributed by atoms with E-state index in [2.05, 4.69) is 14.6 Å². The van der Waals surface area contributed by atoms with Crippen LogP contribution in [0.4, 0.5) is 11.5 Å². The molecule has 7 nitrogen and oxygen atoms in total. The van der Waals surface area contributed by atoms with Crippen LogP contribution in [0.2, 0.25) is 0 Å². The van der Waals surface area contributed by atoms with Crippen molar-refractivity contribution >= 4 is 21.7 Å². The van der Waals surface area contributed by atoms with E-state index in [0.29, 0.717) is 38.5 Å². The summed E-state index contributed by atoms with van der Waals surface area (Å²) >= 11 is 0. The number of hydrogen-bond donors (Lipinski definition) is 2. The third-order valence-electron chi connectivity index (χ3n) is 3.25. The molecule has 0 aliphatic carbocycles. The monoisotopic (exact) mass is 299 g/mol. The fraction of sp³-hybridized carbons (Fsp3) is 0.583. The minimum Gasteiger partial charge on any atom is -0.384 e. The Hall–Kier alpha value is -1.38. The van der Waals surface area contributed by atoms with Crippen LogP contribution in [0.5, 0.6) is 0 Å². The molecule has 8 heteroatoms. The summed E-state index contributed by atoms with van der Waals surface area (Å²) < 4.78 is 28.1. The number of aromatic nitrogens is 1. The quantitative estimate of drug-likeness (QED) is 0.800. The van der Waals surface area contributed by atoms with Gasteiger partial charge in [0.1, 0.15) is 5.82 Å². The number of nitrogens with one attached hydrogen (secondary N) is 1. The van der Waals surface area contributed by atoms with Crippen molar-refractivity contribution in [2.45, 2.75) is 13.3 Å². The Bertz CT molecular complexity index is 523. The minimum absolute atomic E-state index is 0.476. The Balaban J connectivity index is 1.93. The number of nitrogen functional groups attached to an aromatic ring is 1. The topological polar surface area (TPSA) is 91.6 Å². The molecule has 0 spiro atoms. The maximum atomic E-state index is 12.0. The van der Waals surface area contributed by atoms with Gasteiger partial charge in [0.15, 0.2) is 0 Å². The Morgan fingerprint density at radius 2 is 2.00 bits per heavy atom. The molecule has 0 saturated carbocycles. The lowest BCUT2D eigenvalue weighted by atomic mass is 10.3. The molecule has 0 atom stereocenters. The van der Waals surface area contributed by atoms with E-state index in [4.69, 9.17) is 5.73 Å². The van der Waals surface area contributed by atoms with Crippen LogP contribution in [0.3, 0.4) is 0 Å². The van der Waals surface area contributed by atoms with Crippen LogP contribution >= 0.6 is 0 Å². The normalized spacial score (nSPS) is 17.4. The lowest BCUT2D eigenvalue weighted by Crippen LogP contribution is -2.52. The lowest BCUT2D eigenvalue weighted by molar-refractivity contribution is 0.378. The summed E-state index contributed by atoms with van der Waals surface area (Å²) in [7, 11) is -3.34. The molecule has 1 aromatic heterocycles. The predicted octanol–water partition coefficient (Wildman–Crippen LogP) is 0.0302. The first kappa shape index (κ1) is 15.0. The zero-order valence-electron chi connectivity index (χ0n) is 11.6. The van der Waals surface area contributed by atoms with Gasteiger partial charge in [-0.25, -0.2) is 9.71 Å². The van der Waals surface area contributed by atoms with E-state index < -0.39 is 10.2 Å². The van der Waals surface area contributed by atoms with Gasteiger partial charge in [0.2, 0.25) is 0 Å². The van der Waals surface area contributed by atoms with Crippen LogP contribution in [-0.2, 0) is 10.2 Å². The summed E-state index contributed by atoms with van der Waals surface area (Å²) in [6, 6.07) is 3.66. The molecule has 1 aromatic rings. The molecule has 0 bridgehead atoms. The van der Waals surface area contributed by atoms with Gasteiger partial charge in [0.05, 0.1) is 11.9 Å². The average molecular weight is 299 g/mol. The van der Waals surface area contributed by atoms with Crippen LogP contribution in [0.25, 0.3) is 0 Å². The summed E-state index contributed by atoms with van der Waals surface area (Å²) in [5.41, 5.74) is 6.53. The van der Waals surface area contributed by atoms with Crippen LogP contribution in [0, 0.1) is 0 Å². The van der Waals surface area contributed by atoms with Crippen LogP contribution in [0.1, 0.15) is 13.3 Å². The fourth-order valence-electron chi connectivity index (χ4n) is 2.09. The van der Waals surface area contributed by atoms with Gasteiger partial charge in [-0.2, -0.15) is 12.7 Å². The standard InChI is InChI=1S/C12H21N5O2S/c1-2-5-15-20(18,19)17-8-6-16(7-9-17)11-3-4-12(13)14-10-11/h3-4,10,15H,2,5-9H2,1H3,(H2,13,14). The fourth-order valence-corrected chi connectivity index (χ4v) is 3.38. The molecule has 1 aliphatic heterocycles. The van der Waals surface area contributed by atoms with Gasteiger partial charge in [-0.1, -0.05) is 6.92 Å². The molecule has 0 radical (unpaired) electrons. The van der Waals surface area contributed by atoms with Crippen LogP contribution in [-0.4, -0.2) is 50.4 Å². The van der Waals surface area contributed by atoms with E-state index in [-0.39, 0.29) is 0 Å². The number of hydrogen-bond acceptors (Lipinski definition) is 5. The van der Waals surface area contributed by atoms with Gasteiger partial charge in [-0.05, 0) is 18.6 Å². The predicted molar refractivity (Wildman–Crippen MR) is 79.6 cm³/mol. The van der Waals surface area contributed by atoms with Gasteiger partial charge in [0, 0.05) is 32.7 Å². The molecule has 112 valence electrons. The van der Waals surface area contributed by atoms with E-state index in [1.165, 1.54) is 4.31 Å². The number of nitrogens with zero attached hydrogens (tertiary/aromatic N) is 3. The van der Waals surface area contributed by atoms with Crippen molar-refractivity contribution in [2.24, 2.45) is 0 Å². The molecule has 1 saturated heterocycles. The smallest absolute Gasteiger partial charge is 0.279 e. The first-order chi connectivity index (χ1) is 9.53. The van der Waals surface area contributed by atoms with Gasteiger partial charge in [-0.3, -0.25) is 0 Å². The summed E-state index contributed by atoms with van der Waals surface area (Å²) in [4.78, 5) is 6.16. The van der Waals surface area contributed by atoms with Crippen molar-refractivity contribution in [3.05, 3.63) is 18.3 Å². The minimum atomic E-state index is -3.34. The highest BCUT2D eigenvalue weighted by molar-refractivity contribution is 7.87. The second-order valence-electron chi connectivity index (χ2n) is 4.73.